The second-order valence-corrected chi connectivity index (χ2v) is 6.46. The van der Waals surface area contributed by atoms with Crippen LogP contribution in [0.1, 0.15) is 27.7 Å². The molecule has 0 aliphatic rings. The van der Waals surface area contributed by atoms with Crippen LogP contribution in [0.25, 0.3) is 0 Å². The molecule has 9 heteroatoms. The predicted molar refractivity (Wildman–Crippen MR) is 67.1 cm³/mol. The van der Waals surface area contributed by atoms with Crippen LogP contribution in [0.15, 0.2) is 15.6 Å². The first-order chi connectivity index (χ1) is 8.57. The van der Waals surface area contributed by atoms with E-state index in [1.165, 1.54) is 0 Å². The minimum atomic E-state index is -3.74. The van der Waals surface area contributed by atoms with E-state index in [1.807, 2.05) is 0 Å². The Morgan fingerprint density at radius 3 is 2.68 bits per heavy atom. The summed E-state index contributed by atoms with van der Waals surface area (Å²) in [6.45, 7) is 6.77. The molecular weight excluding hydrogens is 275 g/mol. The van der Waals surface area contributed by atoms with Crippen LogP contribution in [0.2, 0.25) is 0 Å². The molecule has 0 bridgehead atoms. The zero-order chi connectivity index (χ0) is 14.8. The first kappa shape index (κ1) is 15.6. The zero-order valence-electron chi connectivity index (χ0n) is 11.2. The molecule has 0 aromatic carbocycles. The highest BCUT2D eigenvalue weighted by Gasteiger charge is 2.23. The smallest absolute Gasteiger partial charge is 0.442 e. The highest BCUT2D eigenvalue weighted by Crippen LogP contribution is 2.15. The summed E-state index contributed by atoms with van der Waals surface area (Å²) in [6.07, 6.45) is -0.237. The van der Waals surface area contributed by atoms with Crippen molar-refractivity contribution in [3.8, 4) is 0 Å². The van der Waals surface area contributed by atoms with E-state index in [2.05, 4.69) is 9.46 Å². The van der Waals surface area contributed by atoms with Gasteiger partial charge in [0.1, 0.15) is 5.60 Å². The van der Waals surface area contributed by atoms with Gasteiger partial charge in [0.25, 0.3) is 0 Å². The number of aryl methyl sites for hydroxylation is 1. The zero-order valence-corrected chi connectivity index (χ0v) is 12.0. The third-order valence-electron chi connectivity index (χ3n) is 1.93. The molecule has 1 atom stereocenters. The Hall–Kier alpha value is -1.48. The molecule has 0 aliphatic carbocycles. The molecule has 19 heavy (non-hydrogen) atoms. The Labute approximate surface area is 111 Å². The molecular formula is C10H17FN4O3S. The van der Waals surface area contributed by atoms with Crippen molar-refractivity contribution in [1.29, 1.82) is 0 Å². The molecule has 1 aromatic heterocycles. The summed E-state index contributed by atoms with van der Waals surface area (Å²) < 4.78 is 34.9. The minimum Gasteiger partial charge on any atom is -0.442 e. The molecule has 108 valence electrons. The van der Waals surface area contributed by atoms with Crippen LogP contribution in [0.3, 0.4) is 0 Å². The van der Waals surface area contributed by atoms with Gasteiger partial charge in [0.2, 0.25) is 0 Å². The van der Waals surface area contributed by atoms with Crippen molar-refractivity contribution >= 4 is 16.0 Å². The molecule has 7 nitrogen and oxygen atoms in total. The largest absolute Gasteiger partial charge is 0.443 e. The summed E-state index contributed by atoms with van der Waals surface area (Å²) in [4.78, 5) is 11.5. The van der Waals surface area contributed by atoms with E-state index in [-0.39, 0.29) is 6.54 Å². The second-order valence-electron chi connectivity index (χ2n) is 4.75. The van der Waals surface area contributed by atoms with Gasteiger partial charge in [0.15, 0.2) is 20.8 Å². The molecule has 1 rings (SSSR count). The maximum Gasteiger partial charge on any atom is 0.443 e. The monoisotopic (exact) mass is 292 g/mol. The van der Waals surface area contributed by atoms with Crippen molar-refractivity contribution in [3.63, 3.8) is 0 Å². The third kappa shape index (κ3) is 4.00. The molecule has 0 aliphatic heterocycles. The number of carbonyl (C=O) groups is 1. The second kappa shape index (κ2) is 5.25. The fourth-order valence-electron chi connectivity index (χ4n) is 1.30. The maximum atomic E-state index is 13.5. The standard InChI is InChI=1S/C10H17FN4O3S/c1-5-15-8(7(11)6-13-15)19(12,17)14-9(16)18-10(2,3)4/h6H,5H2,1-4H3,(H2,12,14,16,17). The maximum absolute atomic E-state index is 13.5. The Morgan fingerprint density at radius 1 is 1.63 bits per heavy atom. The number of nitrogens with two attached hydrogens (primary N) is 1. The van der Waals surface area contributed by atoms with Crippen molar-refractivity contribution in [2.75, 3.05) is 0 Å². The molecule has 0 spiro atoms. The van der Waals surface area contributed by atoms with Crippen LogP contribution in [0.5, 0.6) is 0 Å². The first-order valence-corrected chi connectivity index (χ1v) is 7.14. The SMILES string of the molecule is CCn1ncc(F)c1S(N)(=O)=NC(=O)OC(C)(C)C. The Balaban J connectivity index is 3.20. The predicted octanol–water partition coefficient (Wildman–Crippen LogP) is 1.68. The number of ether oxygens (including phenoxy) is 1. The van der Waals surface area contributed by atoms with Gasteiger partial charge in [0.05, 0.1) is 6.20 Å². The summed E-state index contributed by atoms with van der Waals surface area (Å²) in [5, 5.41) is 8.68. The van der Waals surface area contributed by atoms with Crippen LogP contribution in [-0.2, 0) is 21.2 Å². The van der Waals surface area contributed by atoms with E-state index in [0.29, 0.717) is 0 Å². The van der Waals surface area contributed by atoms with Gasteiger partial charge in [-0.1, -0.05) is 0 Å². The number of hydrogen-bond donors (Lipinski definition) is 1. The van der Waals surface area contributed by atoms with Gasteiger partial charge in [-0.15, -0.1) is 4.36 Å². The van der Waals surface area contributed by atoms with Crippen molar-refractivity contribution < 1.29 is 18.1 Å². The fraction of sp³-hybridized carbons (Fsp3) is 0.600. The molecule has 0 fully saturated rings. The lowest BCUT2D eigenvalue weighted by molar-refractivity contribution is 0.0607. The van der Waals surface area contributed by atoms with E-state index in [4.69, 9.17) is 9.88 Å². The Bertz CT molecular complexity index is 596. The highest BCUT2D eigenvalue weighted by molar-refractivity contribution is 7.91. The van der Waals surface area contributed by atoms with Crippen LogP contribution < -0.4 is 5.14 Å². The van der Waals surface area contributed by atoms with Crippen LogP contribution >= 0.6 is 0 Å². The van der Waals surface area contributed by atoms with Crippen molar-refractivity contribution in [1.82, 2.24) is 9.78 Å². The number of carbonyl (C=O) groups excluding carboxylic acids is 1. The van der Waals surface area contributed by atoms with Crippen LogP contribution in [0, 0.1) is 5.82 Å². The number of hydrogen-bond acceptors (Lipinski definition) is 4. The summed E-state index contributed by atoms with van der Waals surface area (Å²) >= 11 is 0. The van der Waals surface area contributed by atoms with Crippen LogP contribution in [-0.4, -0.2) is 25.7 Å². The van der Waals surface area contributed by atoms with Gasteiger partial charge in [-0.2, -0.15) is 5.10 Å². The minimum absolute atomic E-state index is 0.247. The topological polar surface area (TPSA) is 99.6 Å². The fourth-order valence-corrected chi connectivity index (χ4v) is 2.46. The molecule has 2 N–H and O–H groups in total. The lowest BCUT2D eigenvalue weighted by Crippen LogP contribution is -2.25. The van der Waals surface area contributed by atoms with Gasteiger partial charge in [-0.3, -0.25) is 4.68 Å². The number of rotatable bonds is 2. The number of aromatic nitrogens is 2. The Kier molecular flexibility index (Phi) is 4.31. The van der Waals surface area contributed by atoms with Gasteiger partial charge in [-0.25, -0.2) is 18.5 Å². The lowest BCUT2D eigenvalue weighted by Gasteiger charge is -2.17. The average molecular weight is 292 g/mol. The number of halogens is 1. The van der Waals surface area contributed by atoms with E-state index in [0.717, 1.165) is 10.9 Å². The lowest BCUT2D eigenvalue weighted by atomic mass is 10.2. The molecule has 1 aromatic rings. The van der Waals surface area contributed by atoms with E-state index in [1.54, 1.807) is 27.7 Å². The van der Waals surface area contributed by atoms with Gasteiger partial charge >= 0.3 is 6.09 Å². The van der Waals surface area contributed by atoms with Crippen molar-refractivity contribution in [2.24, 2.45) is 9.50 Å². The Morgan fingerprint density at radius 2 is 2.21 bits per heavy atom. The number of amides is 1. The van der Waals surface area contributed by atoms with E-state index < -0.39 is 32.5 Å². The van der Waals surface area contributed by atoms with E-state index in [9.17, 15) is 13.4 Å². The third-order valence-corrected chi connectivity index (χ3v) is 3.31. The van der Waals surface area contributed by atoms with Gasteiger partial charge in [-0.05, 0) is 27.7 Å². The van der Waals surface area contributed by atoms with Crippen molar-refractivity contribution in [3.05, 3.63) is 12.0 Å². The van der Waals surface area contributed by atoms with Crippen molar-refractivity contribution in [2.45, 2.75) is 44.9 Å². The molecule has 1 heterocycles. The van der Waals surface area contributed by atoms with E-state index >= 15 is 0 Å². The summed E-state index contributed by atoms with van der Waals surface area (Å²) in [7, 11) is -3.74. The van der Waals surface area contributed by atoms with Crippen LogP contribution in [0.4, 0.5) is 9.18 Å². The molecule has 1 unspecified atom stereocenters. The van der Waals surface area contributed by atoms with Gasteiger partial charge in [0, 0.05) is 6.54 Å². The molecule has 0 radical (unpaired) electrons. The molecule has 0 saturated carbocycles. The summed E-state index contributed by atoms with van der Waals surface area (Å²) in [5.41, 5.74) is -0.806. The van der Waals surface area contributed by atoms with Gasteiger partial charge < -0.3 is 4.74 Å². The average Bonchev–Trinajstić information content (AvgIpc) is 2.55. The summed E-state index contributed by atoms with van der Waals surface area (Å²) in [6, 6.07) is 0. The molecule has 0 saturated heterocycles. The normalized spacial score (nSPS) is 14.8. The first-order valence-electron chi connectivity index (χ1n) is 5.56. The number of nitrogens with zero attached hydrogens (tertiary/aromatic N) is 3. The summed E-state index contributed by atoms with van der Waals surface area (Å²) in [5.74, 6) is -0.873. The quantitative estimate of drug-likeness (QED) is 0.896. The highest BCUT2D eigenvalue weighted by atomic mass is 32.2. The molecule has 1 amide bonds.